The van der Waals surface area contributed by atoms with Crippen LogP contribution in [0.2, 0.25) is 0 Å². The number of para-hydroxylation sites is 2. The third-order valence-electron chi connectivity index (χ3n) is 2.96. The predicted octanol–water partition coefficient (Wildman–Crippen LogP) is 3.70. The van der Waals surface area contributed by atoms with Gasteiger partial charge >= 0.3 is 0 Å². The molecule has 0 spiro atoms. The molecule has 3 aromatic rings. The lowest BCUT2D eigenvalue weighted by molar-refractivity contribution is 0.417. The number of ether oxygens (including phenoxy) is 1. The summed E-state index contributed by atoms with van der Waals surface area (Å²) in [4.78, 5) is 0. The summed E-state index contributed by atoms with van der Waals surface area (Å²) in [5, 5.41) is 2.34. The summed E-state index contributed by atoms with van der Waals surface area (Å²) in [7, 11) is 1.60. The number of nitrogens with two attached hydrogens (primary N) is 2. The van der Waals surface area contributed by atoms with Crippen molar-refractivity contribution in [3.63, 3.8) is 0 Å². The monoisotopic (exact) mass is 266 g/mol. The lowest BCUT2D eigenvalue weighted by Crippen LogP contribution is -1.89. The second-order valence-corrected chi connectivity index (χ2v) is 4.31. The summed E-state index contributed by atoms with van der Waals surface area (Å²) < 4.78 is 4.92. The molecule has 0 atom stereocenters. The molecule has 3 rings (SSSR count). The largest absolute Gasteiger partial charge is 0.495 e. The van der Waals surface area contributed by atoms with Gasteiger partial charge in [-0.3, -0.25) is 0 Å². The predicted molar refractivity (Wildman–Crippen MR) is 85.8 cm³/mol. The Morgan fingerprint density at radius 3 is 1.95 bits per heavy atom. The summed E-state index contributed by atoms with van der Waals surface area (Å²) >= 11 is 0. The zero-order valence-corrected chi connectivity index (χ0v) is 11.4. The van der Waals surface area contributed by atoms with Crippen molar-refractivity contribution in [2.45, 2.75) is 0 Å². The van der Waals surface area contributed by atoms with Gasteiger partial charge in [0.25, 0.3) is 0 Å². The highest BCUT2D eigenvalue weighted by atomic mass is 16.5. The summed E-state index contributed by atoms with van der Waals surface area (Å²) in [6.45, 7) is 0. The van der Waals surface area contributed by atoms with Crippen molar-refractivity contribution < 1.29 is 4.74 Å². The number of hydrogen-bond acceptors (Lipinski definition) is 3. The zero-order valence-electron chi connectivity index (χ0n) is 11.4. The van der Waals surface area contributed by atoms with Crippen molar-refractivity contribution in [2.75, 3.05) is 18.6 Å². The highest BCUT2D eigenvalue weighted by molar-refractivity contribution is 5.92. The molecule has 3 nitrogen and oxygen atoms in total. The van der Waals surface area contributed by atoms with E-state index < -0.39 is 0 Å². The fourth-order valence-electron chi connectivity index (χ4n) is 1.92. The molecule has 3 aromatic carbocycles. The molecule has 0 aromatic heterocycles. The maximum absolute atomic E-state index is 5.76. The summed E-state index contributed by atoms with van der Waals surface area (Å²) in [6, 6.07) is 21.4. The highest BCUT2D eigenvalue weighted by Gasteiger charge is 1.93. The zero-order chi connectivity index (χ0) is 14.4. The maximum Gasteiger partial charge on any atom is 0.141 e. The van der Waals surface area contributed by atoms with Crippen LogP contribution in [-0.2, 0) is 0 Å². The summed E-state index contributed by atoms with van der Waals surface area (Å²) in [5.41, 5.74) is 12.8. The van der Waals surface area contributed by atoms with E-state index in [1.165, 1.54) is 5.39 Å². The lowest BCUT2D eigenvalue weighted by atomic mass is 10.1. The molecule has 0 saturated carbocycles. The molecule has 0 aliphatic carbocycles. The van der Waals surface area contributed by atoms with Crippen LogP contribution in [0.3, 0.4) is 0 Å². The summed E-state index contributed by atoms with van der Waals surface area (Å²) in [6.07, 6.45) is 0. The normalized spacial score (nSPS) is 9.65. The van der Waals surface area contributed by atoms with E-state index in [2.05, 4.69) is 12.1 Å². The van der Waals surface area contributed by atoms with Crippen molar-refractivity contribution in [1.82, 2.24) is 0 Å². The van der Waals surface area contributed by atoms with Gasteiger partial charge in [0.15, 0.2) is 0 Å². The van der Waals surface area contributed by atoms with Crippen molar-refractivity contribution >= 4 is 22.1 Å². The van der Waals surface area contributed by atoms with Crippen molar-refractivity contribution in [3.8, 4) is 5.75 Å². The lowest BCUT2D eigenvalue weighted by Gasteiger charge is -2.00. The van der Waals surface area contributed by atoms with Crippen LogP contribution in [0.4, 0.5) is 11.4 Å². The van der Waals surface area contributed by atoms with Gasteiger partial charge in [0.1, 0.15) is 5.75 Å². The van der Waals surface area contributed by atoms with E-state index >= 15 is 0 Å². The molecule has 20 heavy (non-hydrogen) atoms. The van der Waals surface area contributed by atoms with Gasteiger partial charge in [-0.2, -0.15) is 0 Å². The number of nitrogen functional groups attached to an aromatic ring is 2. The quantitative estimate of drug-likeness (QED) is 0.660. The molecule has 0 amide bonds. The van der Waals surface area contributed by atoms with Gasteiger partial charge in [-0.1, -0.05) is 48.5 Å². The average molecular weight is 266 g/mol. The van der Waals surface area contributed by atoms with Gasteiger partial charge in [-0.25, -0.2) is 0 Å². The van der Waals surface area contributed by atoms with E-state index in [1.54, 1.807) is 13.2 Å². The minimum atomic E-state index is 0.681. The second kappa shape index (κ2) is 6.48. The molecule has 0 aliphatic heterocycles. The van der Waals surface area contributed by atoms with Gasteiger partial charge in [-0.15, -0.1) is 0 Å². The van der Waals surface area contributed by atoms with E-state index in [1.807, 2.05) is 48.5 Å². The van der Waals surface area contributed by atoms with Crippen LogP contribution in [0.1, 0.15) is 0 Å². The molecule has 0 aliphatic rings. The molecule has 0 unspecified atom stereocenters. The van der Waals surface area contributed by atoms with Crippen LogP contribution in [0, 0.1) is 0 Å². The van der Waals surface area contributed by atoms with E-state index in [9.17, 15) is 0 Å². The van der Waals surface area contributed by atoms with E-state index in [0.29, 0.717) is 5.69 Å². The Hall–Kier alpha value is -2.68. The third-order valence-corrected chi connectivity index (χ3v) is 2.96. The topological polar surface area (TPSA) is 61.3 Å². The molecule has 102 valence electrons. The minimum absolute atomic E-state index is 0.681. The van der Waals surface area contributed by atoms with Crippen molar-refractivity contribution in [1.29, 1.82) is 0 Å². The van der Waals surface area contributed by atoms with Crippen LogP contribution < -0.4 is 16.2 Å². The molecule has 0 bridgehead atoms. The number of fused-ring (bicyclic) bond motifs is 1. The van der Waals surface area contributed by atoms with Gasteiger partial charge in [0.2, 0.25) is 0 Å². The van der Waals surface area contributed by atoms with E-state index in [-0.39, 0.29) is 0 Å². The minimum Gasteiger partial charge on any atom is -0.495 e. The molecule has 3 heteroatoms. The van der Waals surface area contributed by atoms with Crippen LogP contribution in [-0.4, -0.2) is 7.11 Å². The first-order valence-electron chi connectivity index (χ1n) is 6.34. The maximum atomic E-state index is 5.76. The molecule has 0 heterocycles. The molecular weight excluding hydrogens is 248 g/mol. The molecule has 4 N–H and O–H groups in total. The van der Waals surface area contributed by atoms with Gasteiger partial charge in [-0.05, 0) is 23.6 Å². The van der Waals surface area contributed by atoms with E-state index in [4.69, 9.17) is 16.2 Å². The number of anilines is 2. The number of hydrogen-bond donors (Lipinski definition) is 2. The second-order valence-electron chi connectivity index (χ2n) is 4.31. The first-order valence-corrected chi connectivity index (χ1v) is 6.34. The molecule has 0 fully saturated rings. The Labute approximate surface area is 118 Å². The van der Waals surface area contributed by atoms with Gasteiger partial charge < -0.3 is 16.2 Å². The van der Waals surface area contributed by atoms with Crippen molar-refractivity contribution in [3.05, 3.63) is 66.7 Å². The fraction of sp³-hybridized carbons (Fsp3) is 0.0588. The smallest absolute Gasteiger partial charge is 0.141 e. The Balaban J connectivity index is 0.000000151. The third kappa shape index (κ3) is 3.20. The number of benzene rings is 3. The first-order chi connectivity index (χ1) is 9.72. The standard InChI is InChI=1S/C10H9N.C7H9NO/c11-10-7-3-5-8-4-1-2-6-9(8)10;1-9-7-5-3-2-4-6(7)8/h1-7H,11H2;2-5H,8H2,1H3. The first kappa shape index (κ1) is 13.7. The molecular formula is C17H18N2O. The number of rotatable bonds is 1. The molecule has 0 radical (unpaired) electrons. The Morgan fingerprint density at radius 1 is 0.700 bits per heavy atom. The Bertz CT molecular complexity index is 690. The fourth-order valence-corrected chi connectivity index (χ4v) is 1.92. The summed E-state index contributed by atoms with van der Waals surface area (Å²) in [5.74, 6) is 0.734. The molecule has 0 saturated heterocycles. The highest BCUT2D eigenvalue weighted by Crippen LogP contribution is 2.19. The SMILES string of the molecule is COc1ccccc1N.Nc1cccc2ccccc12. The van der Waals surface area contributed by atoms with Gasteiger partial charge in [0.05, 0.1) is 12.8 Å². The average Bonchev–Trinajstić information content (AvgIpc) is 2.49. The number of methoxy groups -OCH3 is 1. The van der Waals surface area contributed by atoms with Crippen LogP contribution in [0.15, 0.2) is 66.7 Å². The Morgan fingerprint density at radius 2 is 1.30 bits per heavy atom. The van der Waals surface area contributed by atoms with Crippen molar-refractivity contribution in [2.24, 2.45) is 0 Å². The van der Waals surface area contributed by atoms with Crippen LogP contribution in [0.25, 0.3) is 10.8 Å². The van der Waals surface area contributed by atoms with Crippen LogP contribution in [0.5, 0.6) is 5.75 Å². The Kier molecular flexibility index (Phi) is 4.45. The van der Waals surface area contributed by atoms with E-state index in [0.717, 1.165) is 16.8 Å². The van der Waals surface area contributed by atoms with Gasteiger partial charge in [0, 0.05) is 11.1 Å². The van der Waals surface area contributed by atoms with Crippen LogP contribution >= 0.6 is 0 Å².